The van der Waals surface area contributed by atoms with Crippen LogP contribution in [0, 0.1) is 5.92 Å². The molecule has 0 bridgehead atoms. The van der Waals surface area contributed by atoms with Crippen LogP contribution in [0.5, 0.6) is 0 Å². The summed E-state index contributed by atoms with van der Waals surface area (Å²) < 4.78 is 5.04. The van der Waals surface area contributed by atoms with Crippen LogP contribution in [0.2, 0.25) is 5.02 Å². The van der Waals surface area contributed by atoms with Crippen LogP contribution >= 0.6 is 11.6 Å². The van der Waals surface area contributed by atoms with Crippen LogP contribution in [0.15, 0.2) is 36.4 Å². The summed E-state index contributed by atoms with van der Waals surface area (Å²) in [6, 6.07) is 8.42. The highest BCUT2D eigenvalue weighted by Crippen LogP contribution is 2.37. The van der Waals surface area contributed by atoms with E-state index in [4.69, 9.17) is 16.3 Å². The highest BCUT2D eigenvalue weighted by Gasteiger charge is 2.21. The summed E-state index contributed by atoms with van der Waals surface area (Å²) in [5.41, 5.74) is 1.46. The van der Waals surface area contributed by atoms with E-state index < -0.39 is 0 Å². The molecule has 2 rings (SSSR count). The third-order valence-electron chi connectivity index (χ3n) is 4.31. The highest BCUT2D eigenvalue weighted by molar-refractivity contribution is 6.30. The molecule has 0 heterocycles. The van der Waals surface area contributed by atoms with Gasteiger partial charge in [0.2, 0.25) is 0 Å². The van der Waals surface area contributed by atoms with Gasteiger partial charge in [-0.25, -0.2) is 0 Å². The third-order valence-corrected chi connectivity index (χ3v) is 4.56. The molecular weight excluding hydrogens is 268 g/mol. The molecular formula is C18H25ClO. The van der Waals surface area contributed by atoms with Crippen molar-refractivity contribution in [2.45, 2.75) is 44.4 Å². The fourth-order valence-corrected chi connectivity index (χ4v) is 3.18. The van der Waals surface area contributed by atoms with Crippen molar-refractivity contribution in [2.24, 2.45) is 5.92 Å². The van der Waals surface area contributed by atoms with Crippen molar-refractivity contribution in [2.75, 3.05) is 13.7 Å². The lowest BCUT2D eigenvalue weighted by Crippen LogP contribution is -2.12. The van der Waals surface area contributed by atoms with Gasteiger partial charge >= 0.3 is 0 Å². The Labute approximate surface area is 128 Å². The van der Waals surface area contributed by atoms with Crippen molar-refractivity contribution in [3.63, 3.8) is 0 Å². The molecule has 110 valence electrons. The first-order valence-electron chi connectivity index (χ1n) is 7.69. The molecule has 0 atom stereocenters. The maximum absolute atomic E-state index is 5.95. The van der Waals surface area contributed by atoms with Gasteiger partial charge in [-0.1, -0.05) is 35.9 Å². The predicted octanol–water partition coefficient (Wildman–Crippen LogP) is 5.60. The summed E-state index contributed by atoms with van der Waals surface area (Å²) in [7, 11) is 1.76. The van der Waals surface area contributed by atoms with E-state index in [1.54, 1.807) is 7.11 Å². The summed E-state index contributed by atoms with van der Waals surface area (Å²) in [5.74, 6) is 1.61. The van der Waals surface area contributed by atoms with Crippen molar-refractivity contribution in [1.82, 2.24) is 0 Å². The van der Waals surface area contributed by atoms with E-state index in [-0.39, 0.29) is 0 Å². The first-order chi connectivity index (χ1) is 9.79. The lowest BCUT2D eigenvalue weighted by Gasteiger charge is -2.28. The fraction of sp³-hybridized carbons (Fsp3) is 0.556. The molecule has 1 aromatic carbocycles. The van der Waals surface area contributed by atoms with Gasteiger partial charge in [-0.05, 0) is 68.1 Å². The van der Waals surface area contributed by atoms with Crippen molar-refractivity contribution in [1.29, 1.82) is 0 Å². The average Bonchev–Trinajstić information content (AvgIpc) is 2.49. The summed E-state index contributed by atoms with van der Waals surface area (Å²) in [4.78, 5) is 0. The largest absolute Gasteiger partial charge is 0.384 e. The molecule has 1 nitrogen and oxygen atoms in total. The van der Waals surface area contributed by atoms with Crippen LogP contribution in [0.1, 0.15) is 50.0 Å². The Kier molecular flexibility index (Phi) is 6.62. The number of benzene rings is 1. The smallest absolute Gasteiger partial charge is 0.0496 e. The number of ether oxygens (including phenoxy) is 1. The van der Waals surface area contributed by atoms with Crippen LogP contribution in [0.3, 0.4) is 0 Å². The molecule has 0 amide bonds. The molecule has 1 aliphatic carbocycles. The molecule has 0 unspecified atom stereocenters. The van der Waals surface area contributed by atoms with Gasteiger partial charge < -0.3 is 4.74 Å². The summed E-state index contributed by atoms with van der Waals surface area (Å²) in [5, 5.41) is 0.837. The van der Waals surface area contributed by atoms with E-state index in [1.165, 1.54) is 37.7 Å². The van der Waals surface area contributed by atoms with Gasteiger partial charge in [-0.2, -0.15) is 0 Å². The Morgan fingerprint density at radius 3 is 2.45 bits per heavy atom. The maximum atomic E-state index is 5.95. The SMILES string of the molecule is COCC/C=C/CC1CCC(c2ccc(Cl)cc2)CC1. The molecule has 0 aliphatic heterocycles. The van der Waals surface area contributed by atoms with Gasteiger partial charge in [-0.3, -0.25) is 0 Å². The quantitative estimate of drug-likeness (QED) is 0.490. The van der Waals surface area contributed by atoms with Gasteiger partial charge in [0.25, 0.3) is 0 Å². The lowest BCUT2D eigenvalue weighted by atomic mass is 9.77. The number of hydrogen-bond donors (Lipinski definition) is 0. The van der Waals surface area contributed by atoms with Crippen LogP contribution < -0.4 is 0 Å². The first kappa shape index (κ1) is 15.6. The van der Waals surface area contributed by atoms with Gasteiger partial charge in [0, 0.05) is 18.7 Å². The Morgan fingerprint density at radius 1 is 1.10 bits per heavy atom. The van der Waals surface area contributed by atoms with Crippen LogP contribution in [-0.2, 0) is 4.74 Å². The van der Waals surface area contributed by atoms with E-state index in [2.05, 4.69) is 24.3 Å². The second-order valence-electron chi connectivity index (χ2n) is 5.76. The predicted molar refractivity (Wildman–Crippen MR) is 86.4 cm³/mol. The van der Waals surface area contributed by atoms with Crippen LogP contribution in [0.25, 0.3) is 0 Å². The van der Waals surface area contributed by atoms with Crippen molar-refractivity contribution in [3.05, 3.63) is 47.0 Å². The van der Waals surface area contributed by atoms with Crippen molar-refractivity contribution < 1.29 is 4.74 Å². The standard InChI is InChI=1S/C18H25ClO/c1-20-14-4-2-3-5-15-6-8-16(9-7-15)17-10-12-18(19)13-11-17/h2-3,10-13,15-16H,4-9,14H2,1H3/b3-2+. The molecule has 0 saturated heterocycles. The Bertz CT molecular complexity index is 402. The highest BCUT2D eigenvalue weighted by atomic mass is 35.5. The number of rotatable bonds is 6. The summed E-state index contributed by atoms with van der Waals surface area (Å²) >= 11 is 5.95. The molecule has 1 aliphatic rings. The molecule has 0 aromatic heterocycles. The van der Waals surface area contributed by atoms with Gasteiger partial charge in [0.15, 0.2) is 0 Å². The molecule has 0 radical (unpaired) electrons. The van der Waals surface area contributed by atoms with E-state index in [0.717, 1.165) is 29.9 Å². The third kappa shape index (κ3) is 4.96. The fourth-order valence-electron chi connectivity index (χ4n) is 3.06. The number of hydrogen-bond acceptors (Lipinski definition) is 1. The molecule has 20 heavy (non-hydrogen) atoms. The van der Waals surface area contributed by atoms with Crippen molar-refractivity contribution in [3.8, 4) is 0 Å². The zero-order valence-corrected chi connectivity index (χ0v) is 13.1. The van der Waals surface area contributed by atoms with Crippen LogP contribution in [0.4, 0.5) is 0 Å². The van der Waals surface area contributed by atoms with Crippen molar-refractivity contribution >= 4 is 11.6 Å². The maximum Gasteiger partial charge on any atom is 0.0496 e. The topological polar surface area (TPSA) is 9.23 Å². The molecule has 1 fully saturated rings. The lowest BCUT2D eigenvalue weighted by molar-refractivity contribution is 0.204. The zero-order valence-electron chi connectivity index (χ0n) is 12.4. The molecule has 1 saturated carbocycles. The Hall–Kier alpha value is -0.790. The molecule has 2 heteroatoms. The average molecular weight is 293 g/mol. The Balaban J connectivity index is 1.72. The second-order valence-corrected chi connectivity index (χ2v) is 6.19. The summed E-state index contributed by atoms with van der Waals surface area (Å²) in [6.45, 7) is 0.833. The number of allylic oxidation sites excluding steroid dienone is 1. The zero-order chi connectivity index (χ0) is 14.2. The summed E-state index contributed by atoms with van der Waals surface area (Å²) in [6.07, 6.45) is 12.2. The van der Waals surface area contributed by atoms with E-state index in [9.17, 15) is 0 Å². The van der Waals surface area contributed by atoms with Gasteiger partial charge in [0.1, 0.15) is 0 Å². The normalized spacial score (nSPS) is 23.3. The monoisotopic (exact) mass is 292 g/mol. The van der Waals surface area contributed by atoms with E-state index >= 15 is 0 Å². The minimum absolute atomic E-state index is 0.737. The van der Waals surface area contributed by atoms with E-state index in [1.807, 2.05) is 12.1 Å². The minimum Gasteiger partial charge on any atom is -0.384 e. The molecule has 1 aromatic rings. The number of halogens is 1. The van der Waals surface area contributed by atoms with Gasteiger partial charge in [-0.15, -0.1) is 0 Å². The minimum atomic E-state index is 0.737. The first-order valence-corrected chi connectivity index (χ1v) is 8.06. The van der Waals surface area contributed by atoms with E-state index in [0.29, 0.717) is 0 Å². The molecule has 0 N–H and O–H groups in total. The number of methoxy groups -OCH3 is 1. The van der Waals surface area contributed by atoms with Crippen LogP contribution in [-0.4, -0.2) is 13.7 Å². The molecule has 0 spiro atoms. The second kappa shape index (κ2) is 8.49. The van der Waals surface area contributed by atoms with Gasteiger partial charge in [0.05, 0.1) is 0 Å². The Morgan fingerprint density at radius 2 is 1.80 bits per heavy atom.